The maximum atomic E-state index is 12.6. The van der Waals surface area contributed by atoms with Crippen LogP contribution in [0.4, 0.5) is 6.01 Å². The highest BCUT2D eigenvalue weighted by Gasteiger charge is 2.33. The summed E-state index contributed by atoms with van der Waals surface area (Å²) in [6.45, 7) is 4.20. The number of carbonyl (C=O) groups is 1. The minimum absolute atomic E-state index is 0.0208. The van der Waals surface area contributed by atoms with Gasteiger partial charge in [-0.15, -0.1) is 0 Å². The molecule has 152 valence electrons. The third-order valence-electron chi connectivity index (χ3n) is 6.15. The van der Waals surface area contributed by atoms with Crippen molar-refractivity contribution < 1.29 is 14.3 Å². The molecule has 0 unspecified atom stereocenters. The van der Waals surface area contributed by atoms with Crippen molar-refractivity contribution in [1.29, 1.82) is 0 Å². The molecule has 3 heterocycles. The summed E-state index contributed by atoms with van der Waals surface area (Å²) in [5, 5.41) is 9.08. The van der Waals surface area contributed by atoms with Crippen LogP contribution in [-0.4, -0.2) is 78.2 Å². The zero-order chi connectivity index (χ0) is 19.5. The molecule has 2 saturated heterocycles. The van der Waals surface area contributed by atoms with Gasteiger partial charge in [0.15, 0.2) is 5.58 Å². The number of oxazole rings is 1. The van der Waals surface area contributed by atoms with Gasteiger partial charge in [-0.1, -0.05) is 12.1 Å². The lowest BCUT2D eigenvalue weighted by Gasteiger charge is -2.42. The van der Waals surface area contributed by atoms with Crippen LogP contribution in [0, 0.1) is 5.92 Å². The average molecular weight is 386 g/mol. The van der Waals surface area contributed by atoms with Crippen molar-refractivity contribution in [3.05, 3.63) is 24.3 Å². The lowest BCUT2D eigenvalue weighted by molar-refractivity contribution is -0.136. The van der Waals surface area contributed by atoms with Gasteiger partial charge in [-0.2, -0.15) is 4.98 Å². The van der Waals surface area contributed by atoms with Crippen LogP contribution in [0.25, 0.3) is 11.1 Å². The molecule has 0 spiro atoms. The zero-order valence-electron chi connectivity index (χ0n) is 16.6. The van der Waals surface area contributed by atoms with E-state index in [0.717, 1.165) is 69.0 Å². The molecule has 2 aromatic rings. The lowest BCUT2D eigenvalue weighted by Crippen LogP contribution is -2.51. The Morgan fingerprint density at radius 3 is 2.79 bits per heavy atom. The fourth-order valence-corrected chi connectivity index (χ4v) is 4.53. The van der Waals surface area contributed by atoms with E-state index < -0.39 is 0 Å². The first-order valence-electron chi connectivity index (χ1n) is 10.4. The van der Waals surface area contributed by atoms with Gasteiger partial charge >= 0.3 is 0 Å². The van der Waals surface area contributed by atoms with E-state index in [2.05, 4.69) is 14.8 Å². The molecule has 4 rings (SSSR count). The Morgan fingerprint density at radius 2 is 2.04 bits per heavy atom. The van der Waals surface area contributed by atoms with Crippen LogP contribution in [-0.2, 0) is 4.79 Å². The normalized spacial score (nSPS) is 21.9. The Labute approximate surface area is 165 Å². The number of likely N-dealkylation sites (N-methyl/N-ethyl adjacent to an activating group) is 1. The van der Waals surface area contributed by atoms with E-state index in [9.17, 15) is 4.79 Å². The average Bonchev–Trinajstić information content (AvgIpc) is 3.18. The van der Waals surface area contributed by atoms with E-state index in [1.807, 2.05) is 24.3 Å². The number of benzene rings is 1. The molecule has 1 aromatic carbocycles. The van der Waals surface area contributed by atoms with Crippen LogP contribution in [0.3, 0.4) is 0 Å². The third kappa shape index (κ3) is 4.00. The maximum absolute atomic E-state index is 12.6. The number of fused-ring (bicyclic) bond motifs is 1. The van der Waals surface area contributed by atoms with Gasteiger partial charge in [0.1, 0.15) is 5.52 Å². The van der Waals surface area contributed by atoms with Crippen molar-refractivity contribution in [2.24, 2.45) is 5.92 Å². The van der Waals surface area contributed by atoms with E-state index in [1.54, 1.807) is 11.9 Å². The predicted octanol–water partition coefficient (Wildman–Crippen LogP) is 1.96. The van der Waals surface area contributed by atoms with Crippen LogP contribution in [0.1, 0.15) is 25.7 Å². The summed E-state index contributed by atoms with van der Waals surface area (Å²) in [7, 11) is 1.79. The number of aromatic nitrogens is 1. The van der Waals surface area contributed by atoms with E-state index in [-0.39, 0.29) is 18.4 Å². The smallest absolute Gasteiger partial charge is 0.298 e. The highest BCUT2D eigenvalue weighted by atomic mass is 16.4. The van der Waals surface area contributed by atoms with Crippen molar-refractivity contribution >= 4 is 23.0 Å². The molecule has 2 aliphatic rings. The Balaban J connectivity index is 1.33. The first-order chi connectivity index (χ1) is 13.7. The number of aliphatic hydroxyl groups is 1. The number of para-hydroxylation sites is 2. The number of piperidine rings is 2. The van der Waals surface area contributed by atoms with Crippen LogP contribution >= 0.6 is 0 Å². The second-order valence-electron chi connectivity index (χ2n) is 8.00. The van der Waals surface area contributed by atoms with Crippen molar-refractivity contribution in [2.75, 3.05) is 51.3 Å². The molecule has 7 nitrogen and oxygen atoms in total. The predicted molar refractivity (Wildman–Crippen MR) is 108 cm³/mol. The van der Waals surface area contributed by atoms with Crippen LogP contribution in [0.2, 0.25) is 0 Å². The molecular formula is C21H30N4O3. The number of amides is 1. The van der Waals surface area contributed by atoms with Crippen molar-refractivity contribution in [2.45, 2.75) is 31.7 Å². The standard InChI is InChI=1S/C21H30N4O3/c1-23(13-14-26)20(27)16-5-4-10-25(15-16)17-8-11-24(12-9-17)21-22-18-6-2-3-7-19(18)28-21/h2-3,6-7,16-17,26H,4-5,8-15H2,1H3/t16-/m0/s1. The maximum Gasteiger partial charge on any atom is 0.298 e. The number of hydrogen-bond acceptors (Lipinski definition) is 6. The molecule has 2 fully saturated rings. The Morgan fingerprint density at radius 1 is 1.25 bits per heavy atom. The zero-order valence-corrected chi connectivity index (χ0v) is 16.6. The molecule has 28 heavy (non-hydrogen) atoms. The van der Waals surface area contributed by atoms with Gasteiger partial charge in [0, 0.05) is 39.3 Å². The first-order valence-corrected chi connectivity index (χ1v) is 10.4. The second kappa shape index (κ2) is 8.49. The topological polar surface area (TPSA) is 73.1 Å². The third-order valence-corrected chi connectivity index (χ3v) is 6.15. The Hall–Kier alpha value is -2.12. The van der Waals surface area contributed by atoms with Crippen molar-refractivity contribution in [3.63, 3.8) is 0 Å². The monoisotopic (exact) mass is 386 g/mol. The molecule has 1 N–H and O–H groups in total. The SMILES string of the molecule is CN(CCO)C(=O)[C@H]1CCCN(C2CCN(c3nc4ccccc4o3)CC2)C1. The molecule has 1 aromatic heterocycles. The van der Waals surface area contributed by atoms with Crippen molar-refractivity contribution in [1.82, 2.24) is 14.8 Å². The molecule has 0 saturated carbocycles. The summed E-state index contributed by atoms with van der Waals surface area (Å²) >= 11 is 0. The number of anilines is 1. The highest BCUT2D eigenvalue weighted by molar-refractivity contribution is 5.79. The Kier molecular flexibility index (Phi) is 5.82. The molecule has 7 heteroatoms. The van der Waals surface area contributed by atoms with Gasteiger partial charge in [0.05, 0.1) is 12.5 Å². The summed E-state index contributed by atoms with van der Waals surface area (Å²) in [6.07, 6.45) is 4.14. The lowest BCUT2D eigenvalue weighted by atomic mass is 9.93. The van der Waals surface area contributed by atoms with E-state index in [0.29, 0.717) is 12.6 Å². The number of hydrogen-bond donors (Lipinski definition) is 1. The molecule has 0 aliphatic carbocycles. The van der Waals surface area contributed by atoms with Gasteiger partial charge in [-0.3, -0.25) is 9.69 Å². The summed E-state index contributed by atoms with van der Waals surface area (Å²) in [5.74, 6) is 0.225. The minimum Gasteiger partial charge on any atom is -0.423 e. The molecule has 1 atom stereocenters. The van der Waals surface area contributed by atoms with Gasteiger partial charge in [-0.25, -0.2) is 0 Å². The highest BCUT2D eigenvalue weighted by Crippen LogP contribution is 2.28. The summed E-state index contributed by atoms with van der Waals surface area (Å²) < 4.78 is 5.92. The van der Waals surface area contributed by atoms with E-state index >= 15 is 0 Å². The molecule has 1 amide bonds. The number of carbonyl (C=O) groups excluding carboxylic acids is 1. The van der Waals surface area contributed by atoms with E-state index in [4.69, 9.17) is 9.52 Å². The number of likely N-dealkylation sites (tertiary alicyclic amines) is 1. The summed E-state index contributed by atoms with van der Waals surface area (Å²) in [4.78, 5) is 23.6. The van der Waals surface area contributed by atoms with E-state index in [1.165, 1.54) is 0 Å². The van der Waals surface area contributed by atoms with Gasteiger partial charge in [0.2, 0.25) is 5.91 Å². The summed E-state index contributed by atoms with van der Waals surface area (Å²) in [5.41, 5.74) is 1.74. The number of rotatable bonds is 5. The van der Waals surface area contributed by atoms with Crippen LogP contribution in [0.5, 0.6) is 0 Å². The fraction of sp³-hybridized carbons (Fsp3) is 0.619. The van der Waals surface area contributed by atoms with Gasteiger partial charge in [-0.05, 0) is 44.4 Å². The summed E-state index contributed by atoms with van der Waals surface area (Å²) in [6, 6.07) is 9.12. The molecular weight excluding hydrogens is 356 g/mol. The first kappa shape index (κ1) is 19.2. The molecule has 2 aliphatic heterocycles. The largest absolute Gasteiger partial charge is 0.423 e. The molecule has 0 bridgehead atoms. The number of nitrogens with zero attached hydrogens (tertiary/aromatic N) is 4. The fourth-order valence-electron chi connectivity index (χ4n) is 4.53. The van der Waals surface area contributed by atoms with Crippen LogP contribution < -0.4 is 4.90 Å². The number of aliphatic hydroxyl groups excluding tert-OH is 1. The van der Waals surface area contributed by atoms with Crippen molar-refractivity contribution in [3.8, 4) is 0 Å². The molecule has 0 radical (unpaired) electrons. The van der Waals surface area contributed by atoms with Gasteiger partial charge in [0.25, 0.3) is 6.01 Å². The second-order valence-corrected chi connectivity index (χ2v) is 8.00. The van der Waals surface area contributed by atoms with Crippen LogP contribution in [0.15, 0.2) is 28.7 Å². The quantitative estimate of drug-likeness (QED) is 0.847. The minimum atomic E-state index is 0.0208. The Bertz CT molecular complexity index is 767. The van der Waals surface area contributed by atoms with Gasteiger partial charge < -0.3 is 19.3 Å².